The highest BCUT2D eigenvalue weighted by atomic mass is 16.5. The Balaban J connectivity index is 2.19. The minimum atomic E-state index is -0.263. The minimum absolute atomic E-state index is 0.263. The molecule has 0 bridgehead atoms. The highest BCUT2D eigenvalue weighted by Crippen LogP contribution is 2.12. The lowest BCUT2D eigenvalue weighted by Crippen LogP contribution is -2.45. The van der Waals surface area contributed by atoms with Crippen LogP contribution in [0, 0.1) is 0 Å². The molecule has 2 unspecified atom stereocenters. The van der Waals surface area contributed by atoms with Crippen LogP contribution in [0.25, 0.3) is 0 Å². The first-order valence-electron chi connectivity index (χ1n) is 5.90. The molecule has 0 amide bonds. The number of nitrogens with one attached hydrogen (secondary N) is 1. The van der Waals surface area contributed by atoms with Gasteiger partial charge in [-0.3, -0.25) is 4.90 Å². The van der Waals surface area contributed by atoms with Gasteiger partial charge in [0.15, 0.2) is 0 Å². The van der Waals surface area contributed by atoms with Crippen LogP contribution in [0.3, 0.4) is 0 Å². The summed E-state index contributed by atoms with van der Waals surface area (Å²) in [6.07, 6.45) is 2.41. The van der Waals surface area contributed by atoms with Gasteiger partial charge in [-0.15, -0.1) is 0 Å². The van der Waals surface area contributed by atoms with E-state index in [1.165, 1.54) is 6.42 Å². The number of ether oxygens (including phenoxy) is 1. The lowest BCUT2D eigenvalue weighted by molar-refractivity contribution is 0.0134. The Morgan fingerprint density at radius 2 is 2.40 bits per heavy atom. The van der Waals surface area contributed by atoms with Gasteiger partial charge in [-0.2, -0.15) is 0 Å². The smallest absolute Gasteiger partial charge is 0.0791 e. The van der Waals surface area contributed by atoms with E-state index in [2.05, 4.69) is 17.1 Å². The SMILES string of the molecule is CCNCC(O)CN1CCCC(OC)C1. The average molecular weight is 216 g/mol. The number of aliphatic hydroxyl groups is 1. The summed E-state index contributed by atoms with van der Waals surface area (Å²) in [4.78, 5) is 2.29. The number of likely N-dealkylation sites (tertiary alicyclic amines) is 1. The van der Waals surface area contributed by atoms with E-state index in [9.17, 15) is 5.11 Å². The molecule has 1 saturated heterocycles. The van der Waals surface area contributed by atoms with Crippen molar-refractivity contribution in [3.05, 3.63) is 0 Å². The number of hydrogen-bond acceptors (Lipinski definition) is 4. The molecule has 0 aromatic rings. The molecule has 1 fully saturated rings. The van der Waals surface area contributed by atoms with Crippen molar-refractivity contribution in [1.82, 2.24) is 10.2 Å². The molecular formula is C11H24N2O2. The Hall–Kier alpha value is -0.160. The summed E-state index contributed by atoms with van der Waals surface area (Å²) >= 11 is 0. The normalized spacial score (nSPS) is 25.4. The van der Waals surface area contributed by atoms with E-state index in [4.69, 9.17) is 4.74 Å². The maximum atomic E-state index is 9.75. The van der Waals surface area contributed by atoms with Crippen molar-refractivity contribution in [1.29, 1.82) is 0 Å². The van der Waals surface area contributed by atoms with Crippen molar-refractivity contribution in [3.8, 4) is 0 Å². The molecule has 4 nitrogen and oxygen atoms in total. The van der Waals surface area contributed by atoms with Crippen molar-refractivity contribution >= 4 is 0 Å². The molecule has 2 atom stereocenters. The first-order valence-corrected chi connectivity index (χ1v) is 5.90. The first kappa shape index (κ1) is 12.9. The fraction of sp³-hybridized carbons (Fsp3) is 1.00. The van der Waals surface area contributed by atoms with Crippen LogP contribution >= 0.6 is 0 Å². The van der Waals surface area contributed by atoms with Crippen LogP contribution in [0.1, 0.15) is 19.8 Å². The maximum absolute atomic E-state index is 9.75. The summed E-state index contributed by atoms with van der Waals surface area (Å²) in [5.74, 6) is 0. The van der Waals surface area contributed by atoms with Gasteiger partial charge < -0.3 is 15.2 Å². The fourth-order valence-electron chi connectivity index (χ4n) is 2.04. The van der Waals surface area contributed by atoms with E-state index < -0.39 is 0 Å². The minimum Gasteiger partial charge on any atom is -0.390 e. The van der Waals surface area contributed by atoms with Gasteiger partial charge in [0.2, 0.25) is 0 Å². The summed E-state index contributed by atoms with van der Waals surface area (Å²) in [5, 5.41) is 12.9. The molecule has 1 aliphatic heterocycles. The Kier molecular flexibility index (Phi) is 6.17. The molecular weight excluding hydrogens is 192 g/mol. The van der Waals surface area contributed by atoms with Gasteiger partial charge in [0, 0.05) is 26.7 Å². The van der Waals surface area contributed by atoms with Crippen LogP contribution in [0.2, 0.25) is 0 Å². The van der Waals surface area contributed by atoms with Crippen molar-refractivity contribution in [2.75, 3.05) is 39.8 Å². The van der Waals surface area contributed by atoms with Crippen LogP contribution < -0.4 is 5.32 Å². The summed E-state index contributed by atoms with van der Waals surface area (Å²) in [6, 6.07) is 0. The molecule has 1 rings (SSSR count). The molecule has 0 aromatic heterocycles. The number of methoxy groups -OCH3 is 1. The molecule has 4 heteroatoms. The van der Waals surface area contributed by atoms with Gasteiger partial charge in [-0.1, -0.05) is 6.92 Å². The predicted octanol–water partition coefficient (Wildman–Crippen LogP) is 0.0676. The molecule has 0 aromatic carbocycles. The molecule has 90 valence electrons. The first-order chi connectivity index (χ1) is 7.26. The van der Waals surface area contributed by atoms with E-state index in [0.29, 0.717) is 12.6 Å². The third kappa shape index (κ3) is 4.93. The zero-order valence-corrected chi connectivity index (χ0v) is 9.91. The fourth-order valence-corrected chi connectivity index (χ4v) is 2.04. The second-order valence-electron chi connectivity index (χ2n) is 4.22. The number of β-amino-alcohol motifs (C(OH)–C–C–N with tert-alkyl or cyclic N) is 1. The molecule has 0 saturated carbocycles. The van der Waals surface area contributed by atoms with Crippen molar-refractivity contribution in [3.63, 3.8) is 0 Å². The molecule has 2 N–H and O–H groups in total. The Morgan fingerprint density at radius 1 is 1.60 bits per heavy atom. The van der Waals surface area contributed by atoms with E-state index in [0.717, 1.165) is 32.6 Å². The van der Waals surface area contributed by atoms with Crippen molar-refractivity contribution < 1.29 is 9.84 Å². The van der Waals surface area contributed by atoms with Crippen LogP contribution in [0.15, 0.2) is 0 Å². The van der Waals surface area contributed by atoms with E-state index >= 15 is 0 Å². The predicted molar refractivity (Wildman–Crippen MR) is 61.0 cm³/mol. The number of rotatable bonds is 6. The van der Waals surface area contributed by atoms with Gasteiger partial charge in [-0.05, 0) is 25.9 Å². The van der Waals surface area contributed by atoms with Gasteiger partial charge in [0.05, 0.1) is 12.2 Å². The molecule has 15 heavy (non-hydrogen) atoms. The summed E-state index contributed by atoms with van der Waals surface area (Å²) in [7, 11) is 1.77. The summed E-state index contributed by atoms with van der Waals surface area (Å²) in [6.45, 7) is 6.45. The maximum Gasteiger partial charge on any atom is 0.0791 e. The Morgan fingerprint density at radius 3 is 3.07 bits per heavy atom. The van der Waals surface area contributed by atoms with Crippen molar-refractivity contribution in [2.45, 2.75) is 32.0 Å². The highest BCUT2D eigenvalue weighted by molar-refractivity contribution is 4.75. The molecule has 0 spiro atoms. The summed E-state index contributed by atoms with van der Waals surface area (Å²) in [5.41, 5.74) is 0. The molecule has 1 heterocycles. The summed E-state index contributed by atoms with van der Waals surface area (Å²) < 4.78 is 5.35. The van der Waals surface area contributed by atoms with Crippen molar-refractivity contribution in [2.24, 2.45) is 0 Å². The third-order valence-electron chi connectivity index (χ3n) is 2.89. The second-order valence-corrected chi connectivity index (χ2v) is 4.22. The number of hydrogen-bond donors (Lipinski definition) is 2. The number of likely N-dealkylation sites (N-methyl/N-ethyl adjacent to an activating group) is 1. The van der Waals surface area contributed by atoms with Gasteiger partial charge in [-0.25, -0.2) is 0 Å². The standard InChI is InChI=1S/C11H24N2O2/c1-3-12-7-10(14)8-13-6-4-5-11(9-13)15-2/h10-12,14H,3-9H2,1-2H3. The average Bonchev–Trinajstić information content (AvgIpc) is 2.26. The number of piperidine rings is 1. The van der Waals surface area contributed by atoms with Crippen LogP contribution in [-0.4, -0.2) is 62.0 Å². The van der Waals surface area contributed by atoms with E-state index in [1.54, 1.807) is 7.11 Å². The largest absolute Gasteiger partial charge is 0.390 e. The van der Waals surface area contributed by atoms with Crippen LogP contribution in [-0.2, 0) is 4.74 Å². The molecule has 0 aliphatic carbocycles. The van der Waals surface area contributed by atoms with Crippen LogP contribution in [0.4, 0.5) is 0 Å². The topological polar surface area (TPSA) is 44.7 Å². The number of aliphatic hydroxyl groups excluding tert-OH is 1. The highest BCUT2D eigenvalue weighted by Gasteiger charge is 2.20. The molecule has 0 radical (unpaired) electrons. The zero-order valence-electron chi connectivity index (χ0n) is 9.91. The van der Waals surface area contributed by atoms with E-state index in [-0.39, 0.29) is 6.10 Å². The quantitative estimate of drug-likeness (QED) is 0.659. The molecule has 1 aliphatic rings. The lowest BCUT2D eigenvalue weighted by atomic mass is 10.1. The lowest BCUT2D eigenvalue weighted by Gasteiger charge is -2.33. The Bertz CT molecular complexity index is 167. The second kappa shape index (κ2) is 7.17. The van der Waals surface area contributed by atoms with Crippen LogP contribution in [0.5, 0.6) is 0 Å². The number of nitrogens with zero attached hydrogens (tertiary/aromatic N) is 1. The van der Waals surface area contributed by atoms with Gasteiger partial charge in [0.25, 0.3) is 0 Å². The third-order valence-corrected chi connectivity index (χ3v) is 2.89. The van der Waals surface area contributed by atoms with Gasteiger partial charge in [0.1, 0.15) is 0 Å². The monoisotopic (exact) mass is 216 g/mol. The van der Waals surface area contributed by atoms with Gasteiger partial charge >= 0.3 is 0 Å². The zero-order chi connectivity index (χ0) is 11.1. The van der Waals surface area contributed by atoms with E-state index in [1.807, 2.05) is 0 Å². The Labute approximate surface area is 92.6 Å².